The van der Waals surface area contributed by atoms with Crippen molar-refractivity contribution in [3.8, 4) is 5.75 Å². The molecule has 9 heteroatoms. The number of rotatable bonds is 10. The van der Waals surface area contributed by atoms with Crippen LogP contribution in [0.4, 0.5) is 5.69 Å². The number of nitrogens with one attached hydrogen (secondary N) is 2. The molecule has 178 valence electrons. The molecule has 1 heterocycles. The quantitative estimate of drug-likeness (QED) is 0.516. The lowest BCUT2D eigenvalue weighted by Crippen LogP contribution is -2.40. The van der Waals surface area contributed by atoms with Crippen LogP contribution >= 0.6 is 0 Å². The van der Waals surface area contributed by atoms with Gasteiger partial charge in [-0.1, -0.05) is 11.6 Å². The van der Waals surface area contributed by atoms with Crippen molar-refractivity contribution in [2.45, 2.75) is 57.0 Å². The van der Waals surface area contributed by atoms with Gasteiger partial charge in [0.15, 0.2) is 0 Å². The maximum absolute atomic E-state index is 13.0. The number of sulfonamides is 1. The van der Waals surface area contributed by atoms with Crippen LogP contribution in [0.2, 0.25) is 0 Å². The molecular weight excluding hydrogens is 430 g/mol. The highest BCUT2D eigenvalue weighted by molar-refractivity contribution is 7.89. The number of benzene rings is 1. The molecule has 0 aromatic heterocycles. The van der Waals surface area contributed by atoms with E-state index in [1.807, 2.05) is 13.8 Å². The molecule has 0 radical (unpaired) electrons. The molecule has 2 aliphatic rings. The Kier molecular flexibility index (Phi) is 8.95. The molecule has 0 unspecified atom stereocenters. The molecule has 1 fully saturated rings. The topological polar surface area (TPSA) is 97.0 Å². The smallest absolute Gasteiger partial charge is 0.243 e. The van der Waals surface area contributed by atoms with Crippen molar-refractivity contribution in [1.82, 2.24) is 9.62 Å². The summed E-state index contributed by atoms with van der Waals surface area (Å²) in [7, 11) is -3.64. The summed E-state index contributed by atoms with van der Waals surface area (Å²) in [4.78, 5) is 12.5. The van der Waals surface area contributed by atoms with E-state index < -0.39 is 10.0 Å². The van der Waals surface area contributed by atoms with Crippen molar-refractivity contribution < 1.29 is 22.7 Å². The second kappa shape index (κ2) is 11.7. The van der Waals surface area contributed by atoms with Crippen LogP contribution in [0.1, 0.15) is 46.0 Å². The van der Waals surface area contributed by atoms with Gasteiger partial charge in [-0.3, -0.25) is 4.79 Å². The summed E-state index contributed by atoms with van der Waals surface area (Å²) in [5, 5.41) is 6.00. The minimum absolute atomic E-state index is 0.0363. The van der Waals surface area contributed by atoms with E-state index in [9.17, 15) is 13.2 Å². The summed E-state index contributed by atoms with van der Waals surface area (Å²) in [6.07, 6.45) is 7.80. The van der Waals surface area contributed by atoms with Gasteiger partial charge in [-0.2, -0.15) is 4.31 Å². The van der Waals surface area contributed by atoms with Gasteiger partial charge in [0.05, 0.1) is 36.4 Å². The van der Waals surface area contributed by atoms with Crippen LogP contribution in [0.3, 0.4) is 0 Å². The average Bonchev–Trinajstić information content (AvgIpc) is 2.79. The first-order valence-corrected chi connectivity index (χ1v) is 12.9. The minimum Gasteiger partial charge on any atom is -0.489 e. The zero-order valence-electron chi connectivity index (χ0n) is 19.1. The Balaban J connectivity index is 1.64. The first-order chi connectivity index (χ1) is 15.4. The van der Waals surface area contributed by atoms with E-state index in [4.69, 9.17) is 9.47 Å². The first kappa shape index (κ1) is 24.5. The molecule has 0 saturated carbocycles. The third-order valence-corrected chi connectivity index (χ3v) is 7.41. The van der Waals surface area contributed by atoms with Crippen molar-refractivity contribution in [3.05, 3.63) is 29.8 Å². The predicted molar refractivity (Wildman–Crippen MR) is 124 cm³/mol. The summed E-state index contributed by atoms with van der Waals surface area (Å²) in [6.45, 7) is 5.86. The normalized spacial score (nSPS) is 17.7. The van der Waals surface area contributed by atoms with E-state index in [1.54, 1.807) is 18.2 Å². The number of nitrogens with zero attached hydrogens (tertiary/aromatic N) is 1. The number of amides is 1. The maximum atomic E-state index is 13.0. The fourth-order valence-corrected chi connectivity index (χ4v) is 5.27. The Labute approximate surface area is 191 Å². The standard InChI is InChI=1S/C23H35N3O5S/c1-18(2)31-22-9-8-20(32(28,29)26-12-14-30-15-13-26)16-21(22)25-17-23(27)24-11-10-19-6-4-3-5-7-19/h6,8-9,16,18,25H,3-5,7,10-15,17H2,1-2H3,(H,24,27). The number of carbonyl (C=O) groups excluding carboxylic acids is 1. The van der Waals surface area contributed by atoms with Crippen LogP contribution in [0, 0.1) is 0 Å². The third kappa shape index (κ3) is 6.95. The molecule has 0 atom stereocenters. The highest BCUT2D eigenvalue weighted by Crippen LogP contribution is 2.30. The minimum atomic E-state index is -3.64. The number of ether oxygens (including phenoxy) is 2. The SMILES string of the molecule is CC(C)Oc1ccc(S(=O)(=O)N2CCOCC2)cc1NCC(=O)NCCC1=CCCCC1. The van der Waals surface area contributed by atoms with Crippen molar-refractivity contribution in [2.24, 2.45) is 0 Å². The summed E-state index contributed by atoms with van der Waals surface area (Å²) < 4.78 is 38.5. The molecule has 2 N–H and O–H groups in total. The molecule has 1 amide bonds. The summed E-state index contributed by atoms with van der Waals surface area (Å²) in [5.74, 6) is 0.374. The molecule has 3 rings (SSSR count). The van der Waals surface area contributed by atoms with Gasteiger partial charge >= 0.3 is 0 Å². The van der Waals surface area contributed by atoms with Gasteiger partial charge in [0.2, 0.25) is 15.9 Å². The Bertz CT molecular complexity index is 908. The van der Waals surface area contributed by atoms with Crippen LogP contribution in [0.25, 0.3) is 0 Å². The van der Waals surface area contributed by atoms with Crippen LogP contribution in [0.5, 0.6) is 5.75 Å². The molecule has 1 aliphatic carbocycles. The second-order valence-electron chi connectivity index (χ2n) is 8.40. The largest absolute Gasteiger partial charge is 0.489 e. The van der Waals surface area contributed by atoms with E-state index in [-0.39, 0.29) is 23.5 Å². The highest BCUT2D eigenvalue weighted by atomic mass is 32.2. The van der Waals surface area contributed by atoms with E-state index in [0.29, 0.717) is 44.3 Å². The van der Waals surface area contributed by atoms with Gasteiger partial charge in [0.1, 0.15) is 5.75 Å². The lowest BCUT2D eigenvalue weighted by molar-refractivity contribution is -0.119. The summed E-state index contributed by atoms with van der Waals surface area (Å²) in [6, 6.07) is 4.73. The molecule has 0 bridgehead atoms. The Morgan fingerprint density at radius 3 is 2.69 bits per heavy atom. The number of allylic oxidation sites excluding steroid dienone is 1. The molecule has 1 aliphatic heterocycles. The fourth-order valence-electron chi connectivity index (χ4n) is 3.83. The van der Waals surface area contributed by atoms with Gasteiger partial charge in [0.25, 0.3) is 0 Å². The number of hydrogen-bond acceptors (Lipinski definition) is 6. The van der Waals surface area contributed by atoms with Crippen molar-refractivity contribution >= 4 is 21.6 Å². The van der Waals surface area contributed by atoms with Gasteiger partial charge in [-0.15, -0.1) is 0 Å². The van der Waals surface area contributed by atoms with Crippen molar-refractivity contribution in [2.75, 3.05) is 44.7 Å². The van der Waals surface area contributed by atoms with E-state index >= 15 is 0 Å². The summed E-state index contributed by atoms with van der Waals surface area (Å²) in [5.41, 5.74) is 1.90. The first-order valence-electron chi connectivity index (χ1n) is 11.4. The zero-order valence-corrected chi connectivity index (χ0v) is 19.9. The number of hydrogen-bond donors (Lipinski definition) is 2. The molecule has 1 aromatic carbocycles. The average molecular weight is 466 g/mol. The lowest BCUT2D eigenvalue weighted by Gasteiger charge is -2.26. The molecule has 1 saturated heterocycles. The second-order valence-corrected chi connectivity index (χ2v) is 10.3. The zero-order chi connectivity index (χ0) is 23.0. The Morgan fingerprint density at radius 1 is 1.22 bits per heavy atom. The predicted octanol–water partition coefficient (Wildman–Crippen LogP) is 2.91. The van der Waals surface area contributed by atoms with Gasteiger partial charge in [-0.05, 0) is 64.2 Å². The van der Waals surface area contributed by atoms with Crippen LogP contribution in [-0.2, 0) is 19.6 Å². The van der Waals surface area contributed by atoms with E-state index in [2.05, 4.69) is 16.7 Å². The number of morpholine rings is 1. The molecule has 1 aromatic rings. The molecule has 8 nitrogen and oxygen atoms in total. The van der Waals surface area contributed by atoms with E-state index in [1.165, 1.54) is 22.7 Å². The molecule has 32 heavy (non-hydrogen) atoms. The Morgan fingerprint density at radius 2 is 2.00 bits per heavy atom. The maximum Gasteiger partial charge on any atom is 0.243 e. The van der Waals surface area contributed by atoms with Gasteiger partial charge < -0.3 is 20.1 Å². The van der Waals surface area contributed by atoms with E-state index in [0.717, 1.165) is 19.3 Å². The third-order valence-electron chi connectivity index (χ3n) is 5.51. The number of anilines is 1. The summed E-state index contributed by atoms with van der Waals surface area (Å²) >= 11 is 0. The highest BCUT2D eigenvalue weighted by Gasteiger charge is 2.27. The lowest BCUT2D eigenvalue weighted by atomic mass is 9.97. The molecular formula is C23H35N3O5S. The van der Waals surface area contributed by atoms with Crippen molar-refractivity contribution in [3.63, 3.8) is 0 Å². The molecule has 0 spiro atoms. The number of carbonyl (C=O) groups is 1. The van der Waals surface area contributed by atoms with Crippen molar-refractivity contribution in [1.29, 1.82) is 0 Å². The Hall–Kier alpha value is -2.10. The van der Waals surface area contributed by atoms with Gasteiger partial charge in [0, 0.05) is 19.6 Å². The fraction of sp³-hybridized carbons (Fsp3) is 0.609. The monoisotopic (exact) mass is 465 g/mol. The van der Waals surface area contributed by atoms with Crippen LogP contribution in [0.15, 0.2) is 34.7 Å². The van der Waals surface area contributed by atoms with Crippen LogP contribution in [-0.4, -0.2) is 64.1 Å². The van der Waals surface area contributed by atoms with Crippen LogP contribution < -0.4 is 15.4 Å². The van der Waals surface area contributed by atoms with Gasteiger partial charge in [-0.25, -0.2) is 8.42 Å².